The fraction of sp³-hybridized carbons (Fsp3) is 0.0952. The number of aromatic nitrogens is 3. The number of rotatable bonds is 4. The molecule has 0 aliphatic heterocycles. The van der Waals surface area contributed by atoms with Crippen LogP contribution in [-0.4, -0.2) is 14.5 Å². The van der Waals surface area contributed by atoms with Crippen molar-refractivity contribution in [2.75, 3.05) is 0 Å². The van der Waals surface area contributed by atoms with Crippen molar-refractivity contribution in [3.05, 3.63) is 93.4 Å². The highest BCUT2D eigenvalue weighted by molar-refractivity contribution is 7.98. The van der Waals surface area contributed by atoms with E-state index in [-0.39, 0.29) is 5.56 Å². The van der Waals surface area contributed by atoms with Crippen molar-refractivity contribution in [1.29, 1.82) is 0 Å². The van der Waals surface area contributed by atoms with E-state index in [2.05, 4.69) is 4.98 Å². The van der Waals surface area contributed by atoms with Crippen molar-refractivity contribution in [3.8, 4) is 5.82 Å². The average molecular weight is 394 g/mol. The molecule has 0 unspecified atom stereocenters. The quantitative estimate of drug-likeness (QED) is 0.360. The van der Waals surface area contributed by atoms with E-state index in [1.54, 1.807) is 16.8 Å². The molecular formula is C21H16ClN3OS. The van der Waals surface area contributed by atoms with Crippen LogP contribution in [0.15, 0.2) is 76.8 Å². The minimum absolute atomic E-state index is 0.121. The Morgan fingerprint density at radius 1 is 1.04 bits per heavy atom. The summed E-state index contributed by atoms with van der Waals surface area (Å²) >= 11 is 7.76. The van der Waals surface area contributed by atoms with Crippen LogP contribution in [-0.2, 0) is 5.75 Å². The Balaban J connectivity index is 1.88. The third-order valence-electron chi connectivity index (χ3n) is 4.25. The molecule has 0 atom stereocenters. The van der Waals surface area contributed by atoms with Gasteiger partial charge >= 0.3 is 0 Å². The summed E-state index contributed by atoms with van der Waals surface area (Å²) in [4.78, 5) is 22.4. The molecule has 27 heavy (non-hydrogen) atoms. The Labute approximate surface area is 165 Å². The van der Waals surface area contributed by atoms with Crippen LogP contribution in [0.2, 0.25) is 5.02 Å². The normalized spacial score (nSPS) is 11.0. The van der Waals surface area contributed by atoms with Crippen molar-refractivity contribution < 1.29 is 0 Å². The highest BCUT2D eigenvalue weighted by Gasteiger charge is 2.16. The van der Waals surface area contributed by atoms with E-state index >= 15 is 0 Å². The topological polar surface area (TPSA) is 47.8 Å². The lowest BCUT2D eigenvalue weighted by atomic mass is 10.2. The molecule has 4 rings (SSSR count). The maximum atomic E-state index is 13.2. The van der Waals surface area contributed by atoms with E-state index in [4.69, 9.17) is 16.6 Å². The molecule has 4 nitrogen and oxygen atoms in total. The lowest BCUT2D eigenvalue weighted by Crippen LogP contribution is -2.23. The highest BCUT2D eigenvalue weighted by Crippen LogP contribution is 2.27. The van der Waals surface area contributed by atoms with Crippen LogP contribution in [0.3, 0.4) is 0 Å². The van der Waals surface area contributed by atoms with Crippen molar-refractivity contribution in [3.63, 3.8) is 0 Å². The highest BCUT2D eigenvalue weighted by atomic mass is 35.5. The Kier molecular flexibility index (Phi) is 4.97. The van der Waals surface area contributed by atoms with Gasteiger partial charge in [-0.05, 0) is 42.3 Å². The van der Waals surface area contributed by atoms with Crippen LogP contribution in [0.4, 0.5) is 0 Å². The van der Waals surface area contributed by atoms with E-state index in [1.807, 2.05) is 61.5 Å². The van der Waals surface area contributed by atoms with Gasteiger partial charge in [-0.2, -0.15) is 0 Å². The van der Waals surface area contributed by atoms with Gasteiger partial charge < -0.3 is 0 Å². The number of hydrogen-bond acceptors (Lipinski definition) is 4. The van der Waals surface area contributed by atoms with E-state index < -0.39 is 0 Å². The number of halogens is 1. The van der Waals surface area contributed by atoms with Crippen molar-refractivity contribution in [2.45, 2.75) is 17.8 Å². The second kappa shape index (κ2) is 7.55. The van der Waals surface area contributed by atoms with Gasteiger partial charge in [0.25, 0.3) is 5.56 Å². The Bertz CT molecular complexity index is 1190. The van der Waals surface area contributed by atoms with Gasteiger partial charge in [0.1, 0.15) is 5.82 Å². The largest absolute Gasteiger partial charge is 0.268 e. The van der Waals surface area contributed by atoms with Crippen LogP contribution in [0.25, 0.3) is 16.7 Å². The first kappa shape index (κ1) is 17.8. The minimum Gasteiger partial charge on any atom is -0.268 e. The van der Waals surface area contributed by atoms with Crippen LogP contribution >= 0.6 is 23.4 Å². The van der Waals surface area contributed by atoms with Gasteiger partial charge in [-0.3, -0.25) is 4.79 Å². The number of hydrogen-bond donors (Lipinski definition) is 0. The Hall–Kier alpha value is -2.63. The van der Waals surface area contributed by atoms with Crippen molar-refractivity contribution in [2.24, 2.45) is 0 Å². The van der Waals surface area contributed by atoms with Gasteiger partial charge in [-0.25, -0.2) is 14.5 Å². The zero-order chi connectivity index (χ0) is 18.8. The molecule has 134 valence electrons. The summed E-state index contributed by atoms with van der Waals surface area (Å²) in [5, 5.41) is 1.87. The number of fused-ring (bicyclic) bond motifs is 1. The molecule has 4 aromatic rings. The molecule has 0 saturated carbocycles. The first-order valence-electron chi connectivity index (χ1n) is 8.45. The molecular weight excluding hydrogens is 378 g/mol. The van der Waals surface area contributed by atoms with E-state index in [1.165, 1.54) is 11.8 Å². The number of benzene rings is 2. The molecule has 0 amide bonds. The van der Waals surface area contributed by atoms with Crippen molar-refractivity contribution >= 4 is 34.3 Å². The second-order valence-electron chi connectivity index (χ2n) is 6.08. The van der Waals surface area contributed by atoms with Crippen LogP contribution in [0, 0.1) is 6.92 Å². The zero-order valence-electron chi connectivity index (χ0n) is 14.6. The molecule has 0 aliphatic rings. The molecule has 2 heterocycles. The summed E-state index contributed by atoms with van der Waals surface area (Å²) in [6, 6.07) is 18.9. The Morgan fingerprint density at radius 3 is 2.63 bits per heavy atom. The lowest BCUT2D eigenvalue weighted by Gasteiger charge is -2.14. The van der Waals surface area contributed by atoms with Crippen LogP contribution in [0.5, 0.6) is 0 Å². The molecule has 0 fully saturated rings. The predicted octanol–water partition coefficient (Wildman–Crippen LogP) is 5.03. The van der Waals surface area contributed by atoms with Gasteiger partial charge in [-0.1, -0.05) is 59.8 Å². The molecule has 0 radical (unpaired) electrons. The molecule has 6 heteroatoms. The monoisotopic (exact) mass is 393 g/mol. The fourth-order valence-electron chi connectivity index (χ4n) is 2.87. The van der Waals surface area contributed by atoms with E-state index in [0.29, 0.717) is 32.7 Å². The number of nitrogens with zero attached hydrogens (tertiary/aromatic N) is 3. The summed E-state index contributed by atoms with van der Waals surface area (Å²) in [5.41, 5.74) is 2.46. The average Bonchev–Trinajstić information content (AvgIpc) is 2.68. The summed E-state index contributed by atoms with van der Waals surface area (Å²) in [5.74, 6) is 1.21. The number of thioether (sulfide) groups is 1. The molecule has 0 aliphatic carbocycles. The van der Waals surface area contributed by atoms with Gasteiger partial charge in [-0.15, -0.1) is 0 Å². The number of para-hydroxylation sites is 1. The smallest absolute Gasteiger partial charge is 0.267 e. The van der Waals surface area contributed by atoms with Gasteiger partial charge in [0.05, 0.1) is 10.9 Å². The SMILES string of the molecule is Cc1cccnc1-n1c(SCc2ccccc2Cl)nc2ccccc2c1=O. The molecule has 2 aromatic heterocycles. The number of pyridine rings is 1. The van der Waals surface area contributed by atoms with E-state index in [9.17, 15) is 4.79 Å². The third kappa shape index (κ3) is 3.48. The first-order valence-corrected chi connectivity index (χ1v) is 9.81. The van der Waals surface area contributed by atoms with Crippen LogP contribution < -0.4 is 5.56 Å². The van der Waals surface area contributed by atoms with Crippen molar-refractivity contribution in [1.82, 2.24) is 14.5 Å². The summed E-state index contributed by atoms with van der Waals surface area (Å²) in [6.07, 6.45) is 1.69. The molecule has 0 saturated heterocycles. The molecule has 0 N–H and O–H groups in total. The minimum atomic E-state index is -0.121. The van der Waals surface area contributed by atoms with Crippen LogP contribution in [0.1, 0.15) is 11.1 Å². The maximum Gasteiger partial charge on any atom is 0.267 e. The second-order valence-corrected chi connectivity index (χ2v) is 7.43. The molecule has 0 bridgehead atoms. The van der Waals surface area contributed by atoms with Gasteiger partial charge in [0.2, 0.25) is 0 Å². The van der Waals surface area contributed by atoms with Gasteiger partial charge in [0.15, 0.2) is 5.16 Å². The molecule has 2 aromatic carbocycles. The van der Waals surface area contributed by atoms with Gasteiger partial charge in [0, 0.05) is 17.0 Å². The first-order chi connectivity index (χ1) is 13.1. The lowest BCUT2D eigenvalue weighted by molar-refractivity contribution is 0.789. The summed E-state index contributed by atoms with van der Waals surface area (Å²) in [7, 11) is 0. The maximum absolute atomic E-state index is 13.2. The fourth-order valence-corrected chi connectivity index (χ4v) is 4.14. The number of aryl methyl sites for hydroxylation is 1. The molecule has 0 spiro atoms. The summed E-state index contributed by atoms with van der Waals surface area (Å²) in [6.45, 7) is 1.94. The zero-order valence-corrected chi connectivity index (χ0v) is 16.2. The predicted molar refractivity (Wildman–Crippen MR) is 111 cm³/mol. The van der Waals surface area contributed by atoms with E-state index in [0.717, 1.165) is 11.1 Å². The standard InChI is InChI=1S/C21H16ClN3OS/c1-14-7-6-12-23-19(14)25-20(26)16-9-3-5-11-18(16)24-21(25)27-13-15-8-2-4-10-17(15)22/h2-12H,13H2,1H3. The Morgan fingerprint density at radius 2 is 1.81 bits per heavy atom. The third-order valence-corrected chi connectivity index (χ3v) is 5.61. The summed E-state index contributed by atoms with van der Waals surface area (Å²) < 4.78 is 1.60.